The van der Waals surface area contributed by atoms with Gasteiger partial charge in [0, 0.05) is 17.1 Å². The lowest BCUT2D eigenvalue weighted by Gasteiger charge is -2.26. The topological polar surface area (TPSA) is 52.3 Å². The molecule has 0 saturated carbocycles. The van der Waals surface area contributed by atoms with Crippen LogP contribution >= 0.6 is 34.9 Å². The van der Waals surface area contributed by atoms with Crippen LogP contribution in [0, 0.1) is 5.92 Å². The summed E-state index contributed by atoms with van der Waals surface area (Å²) in [6.45, 7) is 7.41. The molecule has 3 aromatic heterocycles. The van der Waals surface area contributed by atoms with Crippen molar-refractivity contribution in [2.75, 3.05) is 12.0 Å². The Morgan fingerprint density at radius 3 is 2.76 bits per heavy atom. The number of ether oxygens (including phenoxy) is 1. The monoisotopic (exact) mass is 450 g/mol. The molecule has 5 nitrogen and oxygen atoms in total. The molecular formula is C21H30N4OS3. The molecule has 0 aliphatic carbocycles. The molecule has 3 aromatic rings. The summed E-state index contributed by atoms with van der Waals surface area (Å²) in [5.41, 5.74) is 2.35. The van der Waals surface area contributed by atoms with Crippen molar-refractivity contribution in [3.63, 3.8) is 0 Å². The maximum atomic E-state index is 6.09. The Morgan fingerprint density at radius 2 is 2.00 bits per heavy atom. The molecule has 4 rings (SSSR count). The van der Waals surface area contributed by atoms with Gasteiger partial charge >= 0.3 is 0 Å². The fraction of sp³-hybridized carbons (Fsp3) is 0.667. The van der Waals surface area contributed by atoms with E-state index in [4.69, 9.17) is 9.72 Å². The Balaban J connectivity index is 1.66. The molecular weight excluding hydrogens is 420 g/mol. The van der Waals surface area contributed by atoms with Crippen LogP contribution in [0.5, 0.6) is 0 Å². The van der Waals surface area contributed by atoms with Gasteiger partial charge in [-0.25, -0.2) is 9.38 Å². The van der Waals surface area contributed by atoms with Crippen molar-refractivity contribution >= 4 is 50.7 Å². The van der Waals surface area contributed by atoms with Gasteiger partial charge in [0.1, 0.15) is 4.83 Å². The van der Waals surface area contributed by atoms with Gasteiger partial charge in [0.2, 0.25) is 0 Å². The lowest BCUT2D eigenvalue weighted by molar-refractivity contribution is 0.00203. The van der Waals surface area contributed by atoms with E-state index in [0.29, 0.717) is 12.5 Å². The van der Waals surface area contributed by atoms with Crippen LogP contribution in [0.4, 0.5) is 0 Å². The second-order valence-electron chi connectivity index (χ2n) is 7.98. The number of hydrogen-bond acceptors (Lipinski definition) is 7. The van der Waals surface area contributed by atoms with Gasteiger partial charge < -0.3 is 4.74 Å². The maximum absolute atomic E-state index is 6.09. The molecule has 0 radical (unpaired) electrons. The first-order chi connectivity index (χ1) is 14.1. The molecule has 0 spiro atoms. The molecule has 0 N–H and O–H groups in total. The van der Waals surface area contributed by atoms with Crippen LogP contribution in [0.1, 0.15) is 63.3 Å². The third-order valence-electron chi connectivity index (χ3n) is 5.56. The number of hydrogen-bond donors (Lipinski definition) is 0. The van der Waals surface area contributed by atoms with Crippen molar-refractivity contribution in [3.8, 4) is 0 Å². The fourth-order valence-electron chi connectivity index (χ4n) is 3.85. The highest BCUT2D eigenvalue weighted by Gasteiger charge is 2.28. The van der Waals surface area contributed by atoms with E-state index in [1.54, 1.807) is 23.1 Å². The molecule has 0 unspecified atom stereocenters. The molecule has 1 aliphatic rings. The average Bonchev–Trinajstić information content (AvgIpc) is 3.30. The molecule has 8 heteroatoms. The fourth-order valence-corrected chi connectivity index (χ4v) is 6.55. The van der Waals surface area contributed by atoms with Crippen molar-refractivity contribution < 1.29 is 4.74 Å². The van der Waals surface area contributed by atoms with Crippen molar-refractivity contribution in [3.05, 3.63) is 10.4 Å². The van der Waals surface area contributed by atoms with Crippen molar-refractivity contribution in [1.29, 1.82) is 0 Å². The third-order valence-corrected chi connectivity index (χ3v) is 8.31. The average molecular weight is 451 g/mol. The minimum Gasteiger partial charge on any atom is -0.372 e. The third kappa shape index (κ3) is 4.31. The number of unbranched alkanes of at least 4 members (excludes halogenated alkanes) is 4. The second-order valence-corrected chi connectivity index (χ2v) is 10.9. The quantitative estimate of drug-likeness (QED) is 0.219. The zero-order valence-corrected chi connectivity index (χ0v) is 20.2. The molecule has 0 fully saturated rings. The summed E-state index contributed by atoms with van der Waals surface area (Å²) in [5, 5.41) is 12.4. The summed E-state index contributed by atoms with van der Waals surface area (Å²) in [6.07, 6.45) is 9.76. The minimum absolute atomic E-state index is 0.264. The van der Waals surface area contributed by atoms with Gasteiger partial charge in [0.05, 0.1) is 18.1 Å². The summed E-state index contributed by atoms with van der Waals surface area (Å²) in [7, 11) is 0. The first kappa shape index (κ1) is 21.4. The largest absolute Gasteiger partial charge is 0.372 e. The Kier molecular flexibility index (Phi) is 7.04. The molecule has 158 valence electrons. The summed E-state index contributed by atoms with van der Waals surface area (Å²) >= 11 is 5.24. The van der Waals surface area contributed by atoms with Crippen LogP contribution in [0.3, 0.4) is 0 Å². The minimum atomic E-state index is 0.264. The Bertz CT molecular complexity index is 982. The van der Waals surface area contributed by atoms with Crippen molar-refractivity contribution in [2.24, 2.45) is 5.92 Å². The summed E-state index contributed by atoms with van der Waals surface area (Å²) < 4.78 is 8.27. The predicted molar refractivity (Wildman–Crippen MR) is 125 cm³/mol. The Hall–Kier alpha value is -0.830. The second kappa shape index (κ2) is 9.54. The van der Waals surface area contributed by atoms with Gasteiger partial charge in [-0.2, -0.15) is 0 Å². The molecule has 1 atom stereocenters. The molecule has 0 amide bonds. The lowest BCUT2D eigenvalue weighted by Crippen LogP contribution is -2.26. The highest BCUT2D eigenvalue weighted by molar-refractivity contribution is 7.99. The van der Waals surface area contributed by atoms with E-state index in [-0.39, 0.29) is 6.10 Å². The van der Waals surface area contributed by atoms with Crippen molar-refractivity contribution in [1.82, 2.24) is 19.6 Å². The van der Waals surface area contributed by atoms with E-state index in [1.165, 1.54) is 47.9 Å². The van der Waals surface area contributed by atoms with Crippen LogP contribution in [-0.2, 0) is 17.8 Å². The number of thioether (sulfide) groups is 2. The normalized spacial score (nSPS) is 16.9. The lowest BCUT2D eigenvalue weighted by atomic mass is 9.96. The molecule has 0 saturated heterocycles. The van der Waals surface area contributed by atoms with Crippen LogP contribution < -0.4 is 0 Å². The van der Waals surface area contributed by atoms with Crippen LogP contribution in [0.2, 0.25) is 0 Å². The molecule has 0 aromatic carbocycles. The maximum Gasteiger partial charge on any atom is 0.197 e. The van der Waals surface area contributed by atoms with Crippen LogP contribution in [0.15, 0.2) is 10.3 Å². The Labute approximate surface area is 185 Å². The van der Waals surface area contributed by atoms with E-state index >= 15 is 0 Å². The van der Waals surface area contributed by atoms with E-state index < -0.39 is 0 Å². The number of thiophene rings is 1. The van der Waals surface area contributed by atoms with Gasteiger partial charge in [-0.05, 0) is 24.2 Å². The highest BCUT2D eigenvalue weighted by Crippen LogP contribution is 2.40. The Morgan fingerprint density at radius 1 is 1.17 bits per heavy atom. The number of fused-ring (bicyclic) bond motifs is 5. The highest BCUT2D eigenvalue weighted by atomic mass is 32.2. The first-order valence-electron chi connectivity index (χ1n) is 10.6. The zero-order chi connectivity index (χ0) is 20.4. The van der Waals surface area contributed by atoms with Gasteiger partial charge in [-0.3, -0.25) is 0 Å². The SMILES string of the molecule is CCCCCCCSc1nnc2c3c4c(sc3nc(SC)n12)CO[C@@H](C(C)C)C4. The van der Waals surface area contributed by atoms with Crippen molar-refractivity contribution in [2.45, 2.75) is 82.3 Å². The van der Waals surface area contributed by atoms with Gasteiger partial charge in [0.25, 0.3) is 0 Å². The number of aromatic nitrogens is 4. The molecule has 29 heavy (non-hydrogen) atoms. The van der Waals surface area contributed by atoms with E-state index in [1.807, 2.05) is 11.8 Å². The standard InChI is InChI=1S/C21H30N4OS3/c1-5-6-7-8-9-10-28-21-24-23-18-17-14-11-15(13(2)3)26-12-16(14)29-19(17)22-20(27-4)25(18)21/h13,15H,5-12H2,1-4H3/t15-/m1/s1. The number of nitrogens with zero attached hydrogens (tertiary/aromatic N) is 4. The van der Waals surface area contributed by atoms with Crippen LogP contribution in [0.25, 0.3) is 15.9 Å². The molecule has 4 heterocycles. The van der Waals surface area contributed by atoms with Crippen LogP contribution in [-0.4, -0.2) is 37.7 Å². The molecule has 1 aliphatic heterocycles. The summed E-state index contributed by atoms with van der Waals surface area (Å²) in [6, 6.07) is 0. The van der Waals surface area contributed by atoms with E-state index in [0.717, 1.165) is 33.0 Å². The molecule has 0 bridgehead atoms. The van der Waals surface area contributed by atoms with Gasteiger partial charge in [0.15, 0.2) is 16.0 Å². The number of rotatable bonds is 9. The zero-order valence-electron chi connectivity index (χ0n) is 17.7. The van der Waals surface area contributed by atoms with Gasteiger partial charge in [-0.1, -0.05) is 70.0 Å². The smallest absolute Gasteiger partial charge is 0.197 e. The van der Waals surface area contributed by atoms with Gasteiger partial charge in [-0.15, -0.1) is 21.5 Å². The van der Waals surface area contributed by atoms with E-state index in [9.17, 15) is 0 Å². The first-order valence-corrected chi connectivity index (χ1v) is 13.6. The summed E-state index contributed by atoms with van der Waals surface area (Å²) in [4.78, 5) is 7.37. The summed E-state index contributed by atoms with van der Waals surface area (Å²) in [5.74, 6) is 1.59. The predicted octanol–water partition coefficient (Wildman–Crippen LogP) is 6.22. The van der Waals surface area contributed by atoms with E-state index in [2.05, 4.69) is 41.6 Å².